The molecule has 0 amide bonds. The maximum atomic E-state index is 11.2. The zero-order valence-electron chi connectivity index (χ0n) is 10.3. The van der Waals surface area contributed by atoms with Gasteiger partial charge in [-0.2, -0.15) is 0 Å². The van der Waals surface area contributed by atoms with Gasteiger partial charge in [0.15, 0.2) is 0 Å². The molecule has 106 valence electrons. The Bertz CT molecular complexity index is 590. The molecule has 1 aromatic carbocycles. The zero-order chi connectivity index (χ0) is 14.5. The molecule has 3 N–H and O–H groups in total. The number of alkyl halides is 1. The third kappa shape index (κ3) is 3.22. The second kappa shape index (κ2) is 6.31. The van der Waals surface area contributed by atoms with Gasteiger partial charge in [0.25, 0.3) is 0 Å². The first-order valence-corrected chi connectivity index (χ1v) is 6.24. The highest BCUT2D eigenvalue weighted by Gasteiger charge is 2.13. The third-order valence-electron chi connectivity index (χ3n) is 2.55. The lowest BCUT2D eigenvalue weighted by Crippen LogP contribution is -2.22. The Morgan fingerprint density at radius 1 is 1.50 bits per heavy atom. The Morgan fingerprint density at radius 3 is 2.90 bits per heavy atom. The number of aromatic carboxylic acids is 1. The fraction of sp³-hybridized carbons (Fsp3) is 0.273. The predicted molar refractivity (Wildman–Crippen MR) is 71.3 cm³/mol. The zero-order valence-corrected chi connectivity index (χ0v) is 11.0. The van der Waals surface area contributed by atoms with Crippen molar-refractivity contribution in [2.24, 2.45) is 0 Å². The molecule has 1 unspecified atom stereocenters. The van der Waals surface area contributed by atoms with Gasteiger partial charge < -0.3 is 15.5 Å². The average molecular weight is 298 g/mol. The van der Waals surface area contributed by atoms with Crippen LogP contribution in [0.5, 0.6) is 0 Å². The second-order valence-electron chi connectivity index (χ2n) is 3.98. The molecule has 0 aliphatic carbocycles. The largest absolute Gasteiger partial charge is 0.478 e. The normalized spacial score (nSPS) is 12.1. The quantitative estimate of drug-likeness (QED) is 0.660. The second-order valence-corrected chi connectivity index (χ2v) is 4.29. The number of anilines is 1. The Labute approximate surface area is 119 Å². The van der Waals surface area contributed by atoms with E-state index in [9.17, 15) is 9.90 Å². The van der Waals surface area contributed by atoms with Crippen LogP contribution in [-0.4, -0.2) is 54.9 Å². The van der Waals surface area contributed by atoms with Crippen LogP contribution in [0.1, 0.15) is 10.4 Å². The topological polar surface area (TPSA) is 113 Å². The number of nitrogens with zero attached hydrogens (tertiary/aromatic N) is 4. The maximum Gasteiger partial charge on any atom is 0.337 e. The number of hydrogen-bond donors (Lipinski definition) is 3. The van der Waals surface area contributed by atoms with E-state index in [1.165, 1.54) is 17.1 Å². The number of carboxylic acids is 1. The molecule has 2 rings (SSSR count). The molecule has 0 aliphatic heterocycles. The van der Waals surface area contributed by atoms with Gasteiger partial charge in [-0.15, -0.1) is 16.7 Å². The minimum absolute atomic E-state index is 0.0576. The summed E-state index contributed by atoms with van der Waals surface area (Å²) in [7, 11) is 0. The van der Waals surface area contributed by atoms with Crippen LogP contribution in [0, 0.1) is 0 Å². The lowest BCUT2D eigenvalue weighted by Gasteiger charge is -2.13. The van der Waals surface area contributed by atoms with Crippen molar-refractivity contribution in [1.29, 1.82) is 0 Å². The smallest absolute Gasteiger partial charge is 0.337 e. The summed E-state index contributed by atoms with van der Waals surface area (Å²) in [6, 6.07) is 4.61. The summed E-state index contributed by atoms with van der Waals surface area (Å²) in [6.07, 6.45) is 0.627. The molecule has 2 aromatic rings. The lowest BCUT2D eigenvalue weighted by atomic mass is 10.1. The van der Waals surface area contributed by atoms with Gasteiger partial charge in [0, 0.05) is 6.54 Å². The van der Waals surface area contributed by atoms with Crippen LogP contribution in [-0.2, 0) is 0 Å². The first-order chi connectivity index (χ1) is 9.61. The van der Waals surface area contributed by atoms with Gasteiger partial charge in [0.2, 0.25) is 0 Å². The Balaban J connectivity index is 2.30. The fourth-order valence-corrected chi connectivity index (χ4v) is 1.68. The van der Waals surface area contributed by atoms with Crippen molar-refractivity contribution >= 4 is 23.3 Å². The van der Waals surface area contributed by atoms with Gasteiger partial charge >= 0.3 is 5.97 Å². The van der Waals surface area contributed by atoms with Crippen LogP contribution in [0.4, 0.5) is 5.69 Å². The highest BCUT2D eigenvalue weighted by atomic mass is 35.5. The maximum absolute atomic E-state index is 11.2. The fourth-order valence-electron chi connectivity index (χ4n) is 1.57. The molecule has 20 heavy (non-hydrogen) atoms. The average Bonchev–Trinajstić information content (AvgIpc) is 2.98. The molecule has 0 radical (unpaired) electrons. The van der Waals surface area contributed by atoms with Crippen LogP contribution < -0.4 is 5.32 Å². The van der Waals surface area contributed by atoms with Gasteiger partial charge in [0.1, 0.15) is 6.33 Å². The first-order valence-electron chi connectivity index (χ1n) is 5.70. The SMILES string of the molecule is O=C(O)c1ccc(-n2cnnn2)cc1NCC(O)CCl. The van der Waals surface area contributed by atoms with Crippen LogP contribution in [0.15, 0.2) is 24.5 Å². The summed E-state index contributed by atoms with van der Waals surface area (Å²) < 4.78 is 1.40. The Kier molecular flexibility index (Phi) is 4.49. The van der Waals surface area contributed by atoms with E-state index in [0.717, 1.165) is 0 Å². The Morgan fingerprint density at radius 2 is 2.30 bits per heavy atom. The molecule has 0 saturated carbocycles. The van der Waals surface area contributed by atoms with Crippen LogP contribution in [0.25, 0.3) is 5.69 Å². The summed E-state index contributed by atoms with van der Waals surface area (Å²) >= 11 is 5.50. The number of aliphatic hydroxyl groups is 1. The van der Waals surface area contributed by atoms with Crippen molar-refractivity contribution in [3.8, 4) is 5.69 Å². The summed E-state index contributed by atoms with van der Waals surface area (Å²) in [5.41, 5.74) is 1.04. The van der Waals surface area contributed by atoms with Crippen molar-refractivity contribution in [1.82, 2.24) is 20.2 Å². The molecular formula is C11H12ClN5O3. The van der Waals surface area contributed by atoms with Crippen LogP contribution in [0.3, 0.4) is 0 Å². The van der Waals surface area contributed by atoms with Crippen molar-refractivity contribution in [2.45, 2.75) is 6.10 Å². The number of carboxylic acid groups (broad SMARTS) is 1. The molecule has 0 spiro atoms. The standard InChI is InChI=1S/C11H12ClN5O3/c12-4-8(18)5-13-10-3-7(17-6-14-15-16-17)1-2-9(10)11(19)20/h1-3,6,8,13,18H,4-5H2,(H,19,20). The van der Waals surface area contributed by atoms with Crippen LogP contribution >= 0.6 is 11.6 Å². The van der Waals surface area contributed by atoms with Gasteiger partial charge in [-0.25, -0.2) is 9.48 Å². The van der Waals surface area contributed by atoms with E-state index in [0.29, 0.717) is 11.4 Å². The van der Waals surface area contributed by atoms with E-state index in [1.54, 1.807) is 12.1 Å². The molecule has 8 nitrogen and oxygen atoms in total. The number of benzene rings is 1. The molecule has 0 bridgehead atoms. The molecule has 1 aromatic heterocycles. The van der Waals surface area contributed by atoms with Gasteiger partial charge in [-0.05, 0) is 28.6 Å². The number of carbonyl (C=O) groups is 1. The van der Waals surface area contributed by atoms with E-state index in [4.69, 9.17) is 16.7 Å². The minimum Gasteiger partial charge on any atom is -0.478 e. The van der Waals surface area contributed by atoms with Gasteiger partial charge in [0.05, 0.1) is 28.9 Å². The predicted octanol–water partition coefficient (Wildman–Crippen LogP) is 0.372. The van der Waals surface area contributed by atoms with Gasteiger partial charge in [-0.1, -0.05) is 0 Å². The number of aromatic nitrogens is 4. The molecule has 0 saturated heterocycles. The number of hydrogen-bond acceptors (Lipinski definition) is 6. The summed E-state index contributed by atoms with van der Waals surface area (Å²) in [5, 5.41) is 32.2. The summed E-state index contributed by atoms with van der Waals surface area (Å²) in [6.45, 7) is 0.142. The van der Waals surface area contributed by atoms with E-state index >= 15 is 0 Å². The van der Waals surface area contributed by atoms with E-state index in [2.05, 4.69) is 20.8 Å². The molecule has 1 atom stereocenters. The number of nitrogens with one attached hydrogen (secondary N) is 1. The molecule has 9 heteroatoms. The molecule has 1 heterocycles. The first kappa shape index (κ1) is 14.2. The van der Waals surface area contributed by atoms with Crippen molar-refractivity contribution in [3.63, 3.8) is 0 Å². The lowest BCUT2D eigenvalue weighted by molar-refractivity contribution is 0.0697. The van der Waals surface area contributed by atoms with Crippen LogP contribution in [0.2, 0.25) is 0 Å². The summed E-state index contributed by atoms with van der Waals surface area (Å²) in [4.78, 5) is 11.2. The van der Waals surface area contributed by atoms with Crippen molar-refractivity contribution in [3.05, 3.63) is 30.1 Å². The van der Waals surface area contributed by atoms with Crippen molar-refractivity contribution < 1.29 is 15.0 Å². The van der Waals surface area contributed by atoms with Gasteiger partial charge in [-0.3, -0.25) is 0 Å². The number of rotatable bonds is 6. The minimum atomic E-state index is -1.07. The number of tetrazole rings is 1. The monoisotopic (exact) mass is 297 g/mol. The highest BCUT2D eigenvalue weighted by molar-refractivity contribution is 6.18. The van der Waals surface area contributed by atoms with E-state index in [-0.39, 0.29) is 18.0 Å². The molecular weight excluding hydrogens is 286 g/mol. The number of halogens is 1. The molecule has 0 fully saturated rings. The van der Waals surface area contributed by atoms with E-state index in [1.807, 2.05) is 0 Å². The van der Waals surface area contributed by atoms with Crippen molar-refractivity contribution in [2.75, 3.05) is 17.7 Å². The summed E-state index contributed by atoms with van der Waals surface area (Å²) in [5.74, 6) is -1.02. The third-order valence-corrected chi connectivity index (χ3v) is 2.91. The highest BCUT2D eigenvalue weighted by Crippen LogP contribution is 2.20. The van der Waals surface area contributed by atoms with E-state index < -0.39 is 12.1 Å². The Hall–Kier alpha value is -2.19. The molecule has 0 aliphatic rings. The number of aliphatic hydroxyl groups excluding tert-OH is 1.